The molecular formula is C13H20F3N3S. The molecule has 0 bridgehead atoms. The van der Waals surface area contributed by atoms with Crippen molar-refractivity contribution in [2.24, 2.45) is 0 Å². The zero-order valence-corrected chi connectivity index (χ0v) is 12.7. The normalized spacial score (nSPS) is 21.4. The zero-order valence-electron chi connectivity index (χ0n) is 11.9. The summed E-state index contributed by atoms with van der Waals surface area (Å²) in [6.45, 7) is 4.46. The van der Waals surface area contributed by atoms with E-state index in [1.807, 2.05) is 18.7 Å². The molecule has 1 fully saturated rings. The Balaban J connectivity index is 2.14. The topological polar surface area (TPSA) is 29.9 Å². The van der Waals surface area contributed by atoms with Crippen LogP contribution in [0, 0.1) is 13.8 Å². The van der Waals surface area contributed by atoms with E-state index in [9.17, 15) is 13.2 Å². The second kappa shape index (κ2) is 5.97. The number of nitrogens with zero attached hydrogens (tertiary/aromatic N) is 2. The van der Waals surface area contributed by atoms with Gasteiger partial charge in [-0.05, 0) is 32.9 Å². The highest BCUT2D eigenvalue weighted by atomic mass is 32.2. The van der Waals surface area contributed by atoms with Crippen LogP contribution >= 0.6 is 11.8 Å². The van der Waals surface area contributed by atoms with Crippen LogP contribution in [0.15, 0.2) is 0 Å². The Morgan fingerprint density at radius 2 is 2.15 bits per heavy atom. The molecule has 1 aromatic heterocycles. The molecule has 1 saturated heterocycles. The predicted octanol–water partition coefficient (Wildman–Crippen LogP) is 3.22. The predicted molar refractivity (Wildman–Crippen MR) is 75.0 cm³/mol. The van der Waals surface area contributed by atoms with Crippen LogP contribution in [0.3, 0.4) is 0 Å². The van der Waals surface area contributed by atoms with E-state index in [4.69, 9.17) is 0 Å². The first-order valence-electron chi connectivity index (χ1n) is 6.72. The molecule has 114 valence electrons. The number of thioether (sulfide) groups is 1. The van der Waals surface area contributed by atoms with Crippen molar-refractivity contribution in [3.05, 3.63) is 17.0 Å². The molecule has 0 unspecified atom stereocenters. The standard InChI is InChI=1S/C13H20F3N3S/c1-8(17-11-4-5-20-6-11)12-9(2)18-19(10(12)3)7-13(14,15)16/h8,11,17H,4-7H2,1-3H3/t8-,11+/m1/s1. The molecule has 1 aliphatic rings. The highest BCUT2D eigenvalue weighted by molar-refractivity contribution is 7.99. The zero-order chi connectivity index (χ0) is 14.9. The molecule has 0 amide bonds. The summed E-state index contributed by atoms with van der Waals surface area (Å²) in [5, 5.41) is 7.54. The second-order valence-corrected chi connectivity index (χ2v) is 6.46. The van der Waals surface area contributed by atoms with Crippen molar-refractivity contribution in [1.29, 1.82) is 0 Å². The molecule has 20 heavy (non-hydrogen) atoms. The summed E-state index contributed by atoms with van der Waals surface area (Å²) in [7, 11) is 0. The Morgan fingerprint density at radius 3 is 2.70 bits per heavy atom. The summed E-state index contributed by atoms with van der Waals surface area (Å²) >= 11 is 1.91. The Morgan fingerprint density at radius 1 is 1.45 bits per heavy atom. The quantitative estimate of drug-likeness (QED) is 0.926. The van der Waals surface area contributed by atoms with Crippen LogP contribution in [0.5, 0.6) is 0 Å². The van der Waals surface area contributed by atoms with Crippen molar-refractivity contribution in [3.63, 3.8) is 0 Å². The van der Waals surface area contributed by atoms with E-state index in [-0.39, 0.29) is 6.04 Å². The van der Waals surface area contributed by atoms with E-state index >= 15 is 0 Å². The summed E-state index contributed by atoms with van der Waals surface area (Å²) in [4.78, 5) is 0. The van der Waals surface area contributed by atoms with Crippen LogP contribution in [0.2, 0.25) is 0 Å². The molecule has 2 rings (SSSR count). The maximum atomic E-state index is 12.5. The van der Waals surface area contributed by atoms with Gasteiger partial charge in [-0.3, -0.25) is 4.68 Å². The smallest absolute Gasteiger partial charge is 0.306 e. The fourth-order valence-electron chi connectivity index (χ4n) is 2.76. The highest BCUT2D eigenvalue weighted by Gasteiger charge is 2.31. The fraction of sp³-hybridized carbons (Fsp3) is 0.769. The summed E-state index contributed by atoms with van der Waals surface area (Å²) in [5.41, 5.74) is 2.18. The van der Waals surface area contributed by atoms with Crippen molar-refractivity contribution in [1.82, 2.24) is 15.1 Å². The third-order valence-electron chi connectivity index (χ3n) is 3.61. The molecule has 0 aliphatic carbocycles. The van der Waals surface area contributed by atoms with E-state index in [1.54, 1.807) is 13.8 Å². The van der Waals surface area contributed by atoms with E-state index in [0.29, 0.717) is 17.4 Å². The third-order valence-corrected chi connectivity index (χ3v) is 4.78. The summed E-state index contributed by atoms with van der Waals surface area (Å²) in [5.74, 6) is 2.22. The third kappa shape index (κ3) is 3.69. The van der Waals surface area contributed by atoms with Crippen molar-refractivity contribution >= 4 is 11.8 Å². The number of nitrogens with one attached hydrogen (secondary N) is 1. The fourth-order valence-corrected chi connectivity index (χ4v) is 3.93. The minimum absolute atomic E-state index is 0.0284. The SMILES string of the molecule is Cc1nn(CC(F)(F)F)c(C)c1[C@@H](C)N[C@H]1CCSC1. The molecule has 0 aromatic carbocycles. The first kappa shape index (κ1) is 15.7. The molecule has 7 heteroatoms. The summed E-state index contributed by atoms with van der Waals surface area (Å²) < 4.78 is 38.6. The van der Waals surface area contributed by atoms with Crippen LogP contribution < -0.4 is 5.32 Å². The average Bonchev–Trinajstić information content (AvgIpc) is 2.86. The van der Waals surface area contributed by atoms with Crippen LogP contribution in [0.4, 0.5) is 13.2 Å². The van der Waals surface area contributed by atoms with Gasteiger partial charge in [0.2, 0.25) is 0 Å². The van der Waals surface area contributed by atoms with Gasteiger partial charge in [0.05, 0.1) is 5.69 Å². The number of alkyl halides is 3. The van der Waals surface area contributed by atoms with Crippen molar-refractivity contribution < 1.29 is 13.2 Å². The van der Waals surface area contributed by atoms with Gasteiger partial charge in [-0.25, -0.2) is 0 Å². The second-order valence-electron chi connectivity index (χ2n) is 5.31. The lowest BCUT2D eigenvalue weighted by Crippen LogP contribution is -2.31. The van der Waals surface area contributed by atoms with Crippen LogP contribution in [-0.2, 0) is 6.54 Å². The largest absolute Gasteiger partial charge is 0.408 e. The van der Waals surface area contributed by atoms with Gasteiger partial charge in [-0.1, -0.05) is 0 Å². The summed E-state index contributed by atoms with van der Waals surface area (Å²) in [6, 6.07) is 0.473. The first-order valence-corrected chi connectivity index (χ1v) is 7.88. The van der Waals surface area contributed by atoms with Gasteiger partial charge in [-0.2, -0.15) is 30.0 Å². The molecule has 0 radical (unpaired) electrons. The Kier molecular flexibility index (Phi) is 4.69. The lowest BCUT2D eigenvalue weighted by atomic mass is 10.1. The van der Waals surface area contributed by atoms with Gasteiger partial charge < -0.3 is 5.32 Å². The molecule has 1 aliphatic heterocycles. The minimum atomic E-state index is -4.24. The van der Waals surface area contributed by atoms with Crippen molar-refractivity contribution in [2.75, 3.05) is 11.5 Å². The molecule has 0 saturated carbocycles. The summed E-state index contributed by atoms with van der Waals surface area (Å²) in [6.07, 6.45) is -3.12. The molecule has 0 spiro atoms. The molecule has 2 atom stereocenters. The van der Waals surface area contributed by atoms with Crippen molar-refractivity contribution in [3.8, 4) is 0 Å². The number of aromatic nitrogens is 2. The van der Waals surface area contributed by atoms with Gasteiger partial charge in [-0.15, -0.1) is 0 Å². The molecular weight excluding hydrogens is 287 g/mol. The molecule has 1 aromatic rings. The van der Waals surface area contributed by atoms with E-state index in [2.05, 4.69) is 10.4 Å². The maximum absolute atomic E-state index is 12.5. The monoisotopic (exact) mass is 307 g/mol. The number of hydrogen-bond donors (Lipinski definition) is 1. The number of rotatable bonds is 4. The van der Waals surface area contributed by atoms with Gasteiger partial charge in [0.25, 0.3) is 0 Å². The Hall–Kier alpha value is -0.690. The van der Waals surface area contributed by atoms with Gasteiger partial charge in [0.1, 0.15) is 6.54 Å². The minimum Gasteiger partial charge on any atom is -0.306 e. The Bertz CT molecular complexity index is 464. The first-order chi connectivity index (χ1) is 9.28. The van der Waals surface area contributed by atoms with Gasteiger partial charge in [0, 0.05) is 29.1 Å². The van der Waals surface area contributed by atoms with E-state index in [1.165, 1.54) is 0 Å². The van der Waals surface area contributed by atoms with Crippen LogP contribution in [0.1, 0.15) is 36.3 Å². The maximum Gasteiger partial charge on any atom is 0.408 e. The Labute approximate surface area is 121 Å². The number of aryl methyl sites for hydroxylation is 1. The van der Waals surface area contributed by atoms with Gasteiger partial charge >= 0.3 is 6.18 Å². The number of hydrogen-bond acceptors (Lipinski definition) is 3. The van der Waals surface area contributed by atoms with E-state index < -0.39 is 12.7 Å². The number of halogens is 3. The van der Waals surface area contributed by atoms with Crippen molar-refractivity contribution in [2.45, 2.75) is 52.0 Å². The van der Waals surface area contributed by atoms with E-state index in [0.717, 1.165) is 28.2 Å². The van der Waals surface area contributed by atoms with Crippen LogP contribution in [-0.4, -0.2) is 33.5 Å². The van der Waals surface area contributed by atoms with Crippen LogP contribution in [0.25, 0.3) is 0 Å². The molecule has 3 nitrogen and oxygen atoms in total. The molecule has 1 N–H and O–H groups in total. The van der Waals surface area contributed by atoms with Gasteiger partial charge in [0.15, 0.2) is 0 Å². The average molecular weight is 307 g/mol. The highest BCUT2D eigenvalue weighted by Crippen LogP contribution is 2.27. The lowest BCUT2D eigenvalue weighted by molar-refractivity contribution is -0.142. The lowest BCUT2D eigenvalue weighted by Gasteiger charge is -2.19. The molecule has 2 heterocycles.